The number of H-pyrrole nitrogens is 1. The molecule has 0 bridgehead atoms. The summed E-state index contributed by atoms with van der Waals surface area (Å²) in [5.41, 5.74) is 1.36. The summed E-state index contributed by atoms with van der Waals surface area (Å²) in [4.78, 5) is 3.48. The van der Waals surface area contributed by atoms with E-state index in [1.165, 1.54) is 12.3 Å². The minimum absolute atomic E-state index is 0.0896. The second kappa shape index (κ2) is 6.28. The average Bonchev–Trinajstić information content (AvgIpc) is 3.03. The standard InChI is InChI=1S/C16H12F3N5/c17-16(18,19)14-5-4-11(9-21-14)6-10-2-1-3-12(7-10)15-13(8-20)22-24-23-15/h1,3-5,7,9-10H,2,6H2,(H,22,23,24). The number of alkyl halides is 3. The van der Waals surface area contributed by atoms with Gasteiger partial charge in [0.25, 0.3) is 0 Å². The summed E-state index contributed by atoms with van der Waals surface area (Å²) in [7, 11) is 0. The number of aromatic amines is 1. The summed E-state index contributed by atoms with van der Waals surface area (Å²) in [5, 5.41) is 19.1. The molecule has 0 aromatic carbocycles. The van der Waals surface area contributed by atoms with Gasteiger partial charge in [0.05, 0.1) is 0 Å². The third-order valence-corrected chi connectivity index (χ3v) is 3.70. The quantitative estimate of drug-likeness (QED) is 0.936. The van der Waals surface area contributed by atoms with E-state index in [1.54, 1.807) is 0 Å². The van der Waals surface area contributed by atoms with Crippen LogP contribution in [0.25, 0.3) is 5.57 Å². The summed E-state index contributed by atoms with van der Waals surface area (Å²) >= 11 is 0. The van der Waals surface area contributed by atoms with Crippen LogP contribution in [0.1, 0.15) is 29.1 Å². The summed E-state index contributed by atoms with van der Waals surface area (Å²) in [6, 6.07) is 4.42. The van der Waals surface area contributed by atoms with Crippen molar-refractivity contribution in [1.82, 2.24) is 20.4 Å². The molecule has 2 heterocycles. The smallest absolute Gasteiger partial charge is 0.252 e. The first-order valence-corrected chi connectivity index (χ1v) is 7.19. The molecule has 0 aliphatic heterocycles. The van der Waals surface area contributed by atoms with Gasteiger partial charge in [-0.25, -0.2) is 5.10 Å². The average molecular weight is 331 g/mol. The molecule has 122 valence electrons. The van der Waals surface area contributed by atoms with Crippen LogP contribution >= 0.6 is 0 Å². The van der Waals surface area contributed by atoms with Crippen molar-refractivity contribution in [2.24, 2.45) is 5.92 Å². The fourth-order valence-corrected chi connectivity index (χ4v) is 2.57. The van der Waals surface area contributed by atoms with Crippen LogP contribution in [0.5, 0.6) is 0 Å². The van der Waals surface area contributed by atoms with Crippen LogP contribution in [0.4, 0.5) is 13.2 Å². The van der Waals surface area contributed by atoms with Crippen LogP contribution in [0.15, 0.2) is 36.6 Å². The van der Waals surface area contributed by atoms with Gasteiger partial charge in [-0.2, -0.15) is 18.4 Å². The Balaban J connectivity index is 1.77. The lowest BCUT2D eigenvalue weighted by molar-refractivity contribution is -0.141. The molecular weight excluding hydrogens is 319 g/mol. The molecule has 1 atom stereocenters. The van der Waals surface area contributed by atoms with E-state index in [-0.39, 0.29) is 11.6 Å². The molecule has 0 fully saturated rings. The first kappa shape index (κ1) is 15.9. The predicted molar refractivity (Wildman–Crippen MR) is 79.3 cm³/mol. The van der Waals surface area contributed by atoms with Crippen molar-refractivity contribution in [1.29, 1.82) is 5.26 Å². The van der Waals surface area contributed by atoms with E-state index >= 15 is 0 Å². The van der Waals surface area contributed by atoms with Gasteiger partial charge in [0.1, 0.15) is 17.5 Å². The molecule has 8 heteroatoms. The Kier molecular flexibility index (Phi) is 4.16. The summed E-state index contributed by atoms with van der Waals surface area (Å²) in [6.07, 6.45) is 3.90. The molecule has 3 rings (SSSR count). The molecule has 2 aromatic rings. The van der Waals surface area contributed by atoms with Crippen LogP contribution in [0.3, 0.4) is 0 Å². The fourth-order valence-electron chi connectivity index (χ4n) is 2.57. The number of nitriles is 1. The lowest BCUT2D eigenvalue weighted by Gasteiger charge is -2.16. The van der Waals surface area contributed by atoms with Crippen molar-refractivity contribution in [3.8, 4) is 6.07 Å². The van der Waals surface area contributed by atoms with Crippen LogP contribution in [0, 0.1) is 17.2 Å². The topological polar surface area (TPSA) is 78.2 Å². The van der Waals surface area contributed by atoms with Gasteiger partial charge in [0.2, 0.25) is 0 Å². The second-order valence-electron chi connectivity index (χ2n) is 5.42. The molecule has 0 radical (unpaired) electrons. The van der Waals surface area contributed by atoms with Gasteiger partial charge in [0, 0.05) is 11.8 Å². The highest BCUT2D eigenvalue weighted by Gasteiger charge is 2.32. The molecule has 0 saturated carbocycles. The number of aromatic nitrogens is 4. The lowest BCUT2D eigenvalue weighted by Crippen LogP contribution is -2.09. The number of pyridine rings is 1. The monoisotopic (exact) mass is 331 g/mol. The number of halogens is 3. The van der Waals surface area contributed by atoms with Crippen LogP contribution < -0.4 is 0 Å². The molecule has 24 heavy (non-hydrogen) atoms. The Morgan fingerprint density at radius 1 is 1.33 bits per heavy atom. The summed E-state index contributed by atoms with van der Waals surface area (Å²) in [6.45, 7) is 0. The Labute approximate surface area is 135 Å². The molecule has 5 nitrogen and oxygen atoms in total. The minimum atomic E-state index is -4.43. The Bertz CT molecular complexity index is 825. The highest BCUT2D eigenvalue weighted by Crippen LogP contribution is 2.29. The molecule has 1 unspecified atom stereocenters. The van der Waals surface area contributed by atoms with Gasteiger partial charge in [-0.1, -0.05) is 29.5 Å². The van der Waals surface area contributed by atoms with E-state index in [0.717, 1.165) is 23.6 Å². The first-order chi connectivity index (χ1) is 11.5. The SMILES string of the molecule is N#Cc1[nH]nnc1C1=CC(Cc2ccc(C(F)(F)F)nc2)CC=C1. The van der Waals surface area contributed by atoms with Gasteiger partial charge in [-0.15, -0.1) is 5.10 Å². The lowest BCUT2D eigenvalue weighted by atomic mass is 9.89. The first-order valence-electron chi connectivity index (χ1n) is 7.19. The van der Waals surface area contributed by atoms with Crippen LogP contribution in [-0.2, 0) is 12.6 Å². The van der Waals surface area contributed by atoms with E-state index in [4.69, 9.17) is 5.26 Å². The zero-order valence-corrected chi connectivity index (χ0v) is 12.4. The predicted octanol–water partition coefficient (Wildman–Crippen LogP) is 3.29. The highest BCUT2D eigenvalue weighted by atomic mass is 19.4. The normalized spacial score (nSPS) is 17.4. The van der Waals surface area contributed by atoms with Gasteiger partial charge in [0.15, 0.2) is 5.69 Å². The van der Waals surface area contributed by atoms with Gasteiger partial charge >= 0.3 is 6.18 Å². The molecular formula is C16H12F3N5. The Morgan fingerprint density at radius 2 is 2.17 bits per heavy atom. The van der Waals surface area contributed by atoms with E-state index < -0.39 is 11.9 Å². The van der Waals surface area contributed by atoms with E-state index in [1.807, 2.05) is 24.3 Å². The second-order valence-corrected chi connectivity index (χ2v) is 5.42. The number of hydrogen-bond acceptors (Lipinski definition) is 4. The van der Waals surface area contributed by atoms with Gasteiger partial charge in [-0.05, 0) is 30.4 Å². The highest BCUT2D eigenvalue weighted by molar-refractivity contribution is 5.75. The number of nitrogens with one attached hydrogen (secondary N) is 1. The number of nitrogens with zero attached hydrogens (tertiary/aromatic N) is 4. The Hall–Kier alpha value is -2.95. The Morgan fingerprint density at radius 3 is 2.83 bits per heavy atom. The molecule has 1 aliphatic rings. The molecule has 0 spiro atoms. The molecule has 0 amide bonds. The van der Waals surface area contributed by atoms with Crippen molar-refractivity contribution in [3.63, 3.8) is 0 Å². The van der Waals surface area contributed by atoms with Crippen LogP contribution in [0.2, 0.25) is 0 Å². The van der Waals surface area contributed by atoms with Crippen molar-refractivity contribution in [2.75, 3.05) is 0 Å². The van der Waals surface area contributed by atoms with Crippen molar-refractivity contribution < 1.29 is 13.2 Å². The van der Waals surface area contributed by atoms with Crippen molar-refractivity contribution in [2.45, 2.75) is 19.0 Å². The third-order valence-electron chi connectivity index (χ3n) is 3.70. The fraction of sp³-hybridized carbons (Fsp3) is 0.250. The van der Waals surface area contributed by atoms with E-state index in [2.05, 4.69) is 20.4 Å². The third kappa shape index (κ3) is 3.35. The van der Waals surface area contributed by atoms with Gasteiger partial charge < -0.3 is 0 Å². The van der Waals surface area contributed by atoms with Gasteiger partial charge in [-0.3, -0.25) is 4.98 Å². The van der Waals surface area contributed by atoms with E-state index in [0.29, 0.717) is 12.1 Å². The number of hydrogen-bond donors (Lipinski definition) is 1. The molecule has 2 aromatic heterocycles. The van der Waals surface area contributed by atoms with E-state index in [9.17, 15) is 13.2 Å². The van der Waals surface area contributed by atoms with Crippen molar-refractivity contribution in [3.05, 3.63) is 59.2 Å². The maximum absolute atomic E-state index is 12.5. The molecule has 1 N–H and O–H groups in total. The minimum Gasteiger partial charge on any atom is -0.252 e. The summed E-state index contributed by atoms with van der Waals surface area (Å²) in [5.74, 6) is 0.0896. The largest absolute Gasteiger partial charge is 0.433 e. The van der Waals surface area contributed by atoms with Crippen molar-refractivity contribution >= 4 is 5.57 Å². The number of allylic oxidation sites excluding steroid dienone is 4. The zero-order valence-electron chi connectivity index (χ0n) is 12.4. The van der Waals surface area contributed by atoms with Crippen LogP contribution in [-0.4, -0.2) is 20.4 Å². The maximum atomic E-state index is 12.5. The number of rotatable bonds is 3. The summed E-state index contributed by atoms with van der Waals surface area (Å²) < 4.78 is 37.6. The zero-order chi connectivity index (χ0) is 17.2. The molecule has 0 saturated heterocycles. The molecule has 1 aliphatic carbocycles. The maximum Gasteiger partial charge on any atom is 0.433 e.